The first-order valence-corrected chi connectivity index (χ1v) is 11.1. The molecule has 170 valence electrons. The SMILES string of the molecule is Clc1ccccc1.OCCOc1ccc(N2CCN(Cc3ccc(F)cn3)CC2)c(Cl)c1. The molecular formula is C24H26Cl2FN3O2. The monoisotopic (exact) mass is 477 g/mol. The molecule has 0 spiro atoms. The normalized spacial score (nSPS) is 13.9. The first-order valence-electron chi connectivity index (χ1n) is 10.4. The average molecular weight is 478 g/mol. The van der Waals surface area contributed by atoms with Crippen LogP contribution in [0.15, 0.2) is 66.9 Å². The summed E-state index contributed by atoms with van der Waals surface area (Å²) in [5, 5.41) is 10.2. The molecule has 1 aromatic heterocycles. The molecule has 32 heavy (non-hydrogen) atoms. The van der Waals surface area contributed by atoms with Crippen LogP contribution >= 0.6 is 23.2 Å². The lowest BCUT2D eigenvalue weighted by Gasteiger charge is -2.36. The number of nitrogens with zero attached hydrogens (tertiary/aromatic N) is 3. The van der Waals surface area contributed by atoms with Gasteiger partial charge >= 0.3 is 0 Å². The maximum absolute atomic E-state index is 12.9. The number of benzene rings is 2. The van der Waals surface area contributed by atoms with Crippen molar-refractivity contribution >= 4 is 28.9 Å². The topological polar surface area (TPSA) is 48.8 Å². The number of hydrogen-bond acceptors (Lipinski definition) is 5. The van der Waals surface area contributed by atoms with Gasteiger partial charge in [-0.15, -0.1) is 0 Å². The van der Waals surface area contributed by atoms with Crippen molar-refractivity contribution in [3.05, 3.63) is 88.4 Å². The summed E-state index contributed by atoms with van der Waals surface area (Å²) >= 11 is 11.9. The Labute approximate surface area is 198 Å². The summed E-state index contributed by atoms with van der Waals surface area (Å²) in [6.07, 6.45) is 1.26. The lowest BCUT2D eigenvalue weighted by Crippen LogP contribution is -2.46. The van der Waals surface area contributed by atoms with Crippen LogP contribution in [0.3, 0.4) is 0 Å². The van der Waals surface area contributed by atoms with Crippen LogP contribution in [0, 0.1) is 5.82 Å². The van der Waals surface area contributed by atoms with E-state index in [1.807, 2.05) is 42.5 Å². The highest BCUT2D eigenvalue weighted by molar-refractivity contribution is 6.33. The fourth-order valence-electron chi connectivity index (χ4n) is 3.29. The van der Waals surface area contributed by atoms with Gasteiger partial charge in [-0.1, -0.05) is 41.4 Å². The predicted molar refractivity (Wildman–Crippen MR) is 127 cm³/mol. The minimum absolute atomic E-state index is 0.0236. The van der Waals surface area contributed by atoms with E-state index in [0.29, 0.717) is 10.8 Å². The number of aliphatic hydroxyl groups excluding tert-OH is 1. The first kappa shape index (κ1) is 24.3. The van der Waals surface area contributed by atoms with Crippen molar-refractivity contribution in [1.29, 1.82) is 0 Å². The second kappa shape index (κ2) is 12.6. The predicted octanol–water partition coefficient (Wildman–Crippen LogP) is 4.91. The highest BCUT2D eigenvalue weighted by Gasteiger charge is 2.19. The molecule has 1 saturated heterocycles. The fraction of sp³-hybridized carbons (Fsp3) is 0.292. The molecule has 2 aromatic carbocycles. The number of halogens is 3. The van der Waals surface area contributed by atoms with Crippen LogP contribution in [-0.4, -0.2) is 54.4 Å². The second-order valence-electron chi connectivity index (χ2n) is 7.21. The van der Waals surface area contributed by atoms with Gasteiger partial charge in [0.15, 0.2) is 0 Å². The van der Waals surface area contributed by atoms with Crippen molar-refractivity contribution in [3.63, 3.8) is 0 Å². The Balaban J connectivity index is 0.000000352. The molecule has 1 fully saturated rings. The number of piperazine rings is 1. The van der Waals surface area contributed by atoms with E-state index in [2.05, 4.69) is 14.8 Å². The molecule has 1 aliphatic heterocycles. The van der Waals surface area contributed by atoms with E-state index in [9.17, 15) is 4.39 Å². The zero-order valence-corrected chi connectivity index (χ0v) is 19.1. The van der Waals surface area contributed by atoms with Gasteiger partial charge in [0.1, 0.15) is 18.2 Å². The van der Waals surface area contributed by atoms with Crippen molar-refractivity contribution in [2.45, 2.75) is 6.54 Å². The number of aromatic nitrogens is 1. The van der Waals surface area contributed by atoms with Crippen molar-refractivity contribution in [2.24, 2.45) is 0 Å². The van der Waals surface area contributed by atoms with Gasteiger partial charge in [-0.3, -0.25) is 9.88 Å². The fourth-order valence-corrected chi connectivity index (χ4v) is 3.72. The van der Waals surface area contributed by atoms with Crippen molar-refractivity contribution in [3.8, 4) is 5.75 Å². The molecule has 0 atom stereocenters. The van der Waals surface area contributed by atoms with E-state index in [1.165, 1.54) is 12.3 Å². The van der Waals surface area contributed by atoms with Crippen molar-refractivity contribution in [2.75, 3.05) is 44.3 Å². The van der Waals surface area contributed by atoms with E-state index in [-0.39, 0.29) is 19.0 Å². The summed E-state index contributed by atoms with van der Waals surface area (Å²) in [5.41, 5.74) is 1.86. The highest BCUT2D eigenvalue weighted by atomic mass is 35.5. The van der Waals surface area contributed by atoms with Crippen molar-refractivity contribution < 1.29 is 14.2 Å². The second-order valence-corrected chi connectivity index (χ2v) is 8.06. The van der Waals surface area contributed by atoms with Crippen LogP contribution in [0.2, 0.25) is 10.0 Å². The molecule has 3 aromatic rings. The molecule has 5 nitrogen and oxygen atoms in total. The smallest absolute Gasteiger partial charge is 0.141 e. The molecule has 0 bridgehead atoms. The lowest BCUT2D eigenvalue weighted by molar-refractivity contribution is 0.201. The summed E-state index contributed by atoms with van der Waals surface area (Å²) in [6.45, 7) is 4.44. The standard InChI is InChI=1S/C18H21ClFN3O2.C6H5Cl/c19-17-11-16(25-10-9-24)3-4-18(17)23-7-5-22(6-8-23)13-15-2-1-14(20)12-21-15;7-6-4-2-1-3-5-6/h1-4,11-12,24H,5-10,13H2;1-5H. The van der Waals surface area contributed by atoms with E-state index in [0.717, 1.165) is 49.1 Å². The molecule has 0 radical (unpaired) electrons. The van der Waals surface area contributed by atoms with Gasteiger partial charge in [-0.25, -0.2) is 4.39 Å². The highest BCUT2D eigenvalue weighted by Crippen LogP contribution is 2.30. The summed E-state index contributed by atoms with van der Waals surface area (Å²) in [5.74, 6) is 0.346. The maximum atomic E-state index is 12.9. The van der Waals surface area contributed by atoms with Crippen LogP contribution in [0.25, 0.3) is 0 Å². The molecule has 0 amide bonds. The number of ether oxygens (including phenoxy) is 1. The Bertz CT molecular complexity index is 953. The lowest BCUT2D eigenvalue weighted by atomic mass is 10.2. The Morgan fingerprint density at radius 3 is 2.28 bits per heavy atom. The quantitative estimate of drug-likeness (QED) is 0.546. The zero-order chi connectivity index (χ0) is 22.8. The summed E-state index contributed by atoms with van der Waals surface area (Å²) in [4.78, 5) is 8.65. The van der Waals surface area contributed by atoms with Crippen LogP contribution < -0.4 is 9.64 Å². The number of rotatable bonds is 6. The zero-order valence-electron chi connectivity index (χ0n) is 17.6. The van der Waals surface area contributed by atoms with Gasteiger partial charge in [-0.2, -0.15) is 0 Å². The Morgan fingerprint density at radius 2 is 1.72 bits per heavy atom. The van der Waals surface area contributed by atoms with E-state index in [4.69, 9.17) is 33.0 Å². The summed E-state index contributed by atoms with van der Waals surface area (Å²) < 4.78 is 18.3. The molecule has 0 saturated carbocycles. The third kappa shape index (κ3) is 7.64. The Kier molecular flexibility index (Phi) is 9.56. The number of aliphatic hydroxyl groups is 1. The van der Waals surface area contributed by atoms with Gasteiger partial charge in [0.05, 0.1) is 29.2 Å². The summed E-state index contributed by atoms with van der Waals surface area (Å²) in [6, 6.07) is 18.2. The Hall–Kier alpha value is -2.38. The van der Waals surface area contributed by atoms with E-state index >= 15 is 0 Å². The average Bonchev–Trinajstić information content (AvgIpc) is 2.81. The van der Waals surface area contributed by atoms with Crippen molar-refractivity contribution in [1.82, 2.24) is 9.88 Å². The van der Waals surface area contributed by atoms with Crippen LogP contribution in [-0.2, 0) is 6.54 Å². The molecule has 8 heteroatoms. The molecular weight excluding hydrogens is 452 g/mol. The summed E-state index contributed by atoms with van der Waals surface area (Å²) in [7, 11) is 0. The van der Waals surface area contributed by atoms with E-state index < -0.39 is 0 Å². The molecule has 0 unspecified atom stereocenters. The number of pyridine rings is 1. The van der Waals surface area contributed by atoms with Gasteiger partial charge in [0.2, 0.25) is 0 Å². The van der Waals surface area contributed by atoms with Gasteiger partial charge < -0.3 is 14.7 Å². The third-order valence-electron chi connectivity index (χ3n) is 4.90. The third-order valence-corrected chi connectivity index (χ3v) is 5.45. The van der Waals surface area contributed by atoms with Crippen LogP contribution in [0.4, 0.5) is 10.1 Å². The largest absolute Gasteiger partial charge is 0.491 e. The minimum Gasteiger partial charge on any atom is -0.491 e. The molecule has 0 aliphatic carbocycles. The molecule has 1 aliphatic rings. The van der Waals surface area contributed by atoms with E-state index in [1.54, 1.807) is 12.1 Å². The molecule has 2 heterocycles. The van der Waals surface area contributed by atoms with Crippen LogP contribution in [0.5, 0.6) is 5.75 Å². The number of anilines is 1. The van der Waals surface area contributed by atoms with Gasteiger partial charge in [0, 0.05) is 43.8 Å². The first-order chi connectivity index (χ1) is 15.5. The Morgan fingerprint density at radius 1 is 0.969 bits per heavy atom. The molecule has 1 N–H and O–H groups in total. The maximum Gasteiger partial charge on any atom is 0.141 e. The van der Waals surface area contributed by atoms with Gasteiger partial charge in [-0.05, 0) is 36.4 Å². The van der Waals surface area contributed by atoms with Gasteiger partial charge in [0.25, 0.3) is 0 Å². The number of hydrogen-bond donors (Lipinski definition) is 1. The minimum atomic E-state index is -0.311. The van der Waals surface area contributed by atoms with Crippen LogP contribution in [0.1, 0.15) is 5.69 Å². The molecule has 4 rings (SSSR count).